The molecule has 2 aromatic rings. The zero-order chi connectivity index (χ0) is 13.7. The molecule has 0 saturated heterocycles. The maximum Gasteiger partial charge on any atom is 0.320 e. The molecule has 19 heavy (non-hydrogen) atoms. The van der Waals surface area contributed by atoms with Crippen molar-refractivity contribution >= 4 is 11.8 Å². The van der Waals surface area contributed by atoms with E-state index in [-0.39, 0.29) is 12.1 Å². The van der Waals surface area contributed by atoms with Crippen LogP contribution in [0.4, 0.5) is 10.6 Å². The van der Waals surface area contributed by atoms with E-state index >= 15 is 0 Å². The summed E-state index contributed by atoms with van der Waals surface area (Å²) in [5, 5.41) is 5.40. The van der Waals surface area contributed by atoms with Crippen molar-refractivity contribution in [3.05, 3.63) is 36.8 Å². The van der Waals surface area contributed by atoms with E-state index in [4.69, 9.17) is 0 Å². The number of hydrogen-bond acceptors (Lipinski definition) is 4. The monoisotopic (exact) mass is 257 g/mol. The van der Waals surface area contributed by atoms with Crippen LogP contribution in [-0.2, 0) is 0 Å². The van der Waals surface area contributed by atoms with Crippen molar-refractivity contribution in [2.24, 2.45) is 0 Å². The summed E-state index contributed by atoms with van der Waals surface area (Å²) in [7, 11) is 0. The number of pyridine rings is 1. The van der Waals surface area contributed by atoms with Gasteiger partial charge >= 0.3 is 6.03 Å². The highest BCUT2D eigenvalue weighted by molar-refractivity contribution is 5.88. The van der Waals surface area contributed by atoms with Crippen molar-refractivity contribution in [3.63, 3.8) is 0 Å². The van der Waals surface area contributed by atoms with Crippen molar-refractivity contribution in [3.8, 4) is 11.4 Å². The minimum absolute atomic E-state index is 0.0708. The molecule has 6 heteroatoms. The van der Waals surface area contributed by atoms with Gasteiger partial charge in [0.15, 0.2) is 5.82 Å². The van der Waals surface area contributed by atoms with Crippen molar-refractivity contribution < 1.29 is 4.79 Å². The number of nitrogens with zero attached hydrogens (tertiary/aromatic N) is 3. The Kier molecular flexibility index (Phi) is 4.02. The van der Waals surface area contributed by atoms with Crippen molar-refractivity contribution in [1.29, 1.82) is 0 Å². The second-order valence-electron chi connectivity index (χ2n) is 4.25. The predicted octanol–water partition coefficient (Wildman–Crippen LogP) is 2.07. The van der Waals surface area contributed by atoms with Gasteiger partial charge in [-0.05, 0) is 32.0 Å². The molecular weight excluding hydrogens is 242 g/mol. The normalized spacial score (nSPS) is 10.3. The molecule has 2 rings (SSSR count). The minimum atomic E-state index is -0.283. The lowest BCUT2D eigenvalue weighted by Gasteiger charge is -2.09. The highest BCUT2D eigenvalue weighted by Gasteiger charge is 2.06. The van der Waals surface area contributed by atoms with Gasteiger partial charge in [0, 0.05) is 30.2 Å². The summed E-state index contributed by atoms with van der Waals surface area (Å²) in [5.41, 5.74) is 0.850. The molecule has 6 nitrogen and oxygen atoms in total. The van der Waals surface area contributed by atoms with Gasteiger partial charge in [-0.2, -0.15) is 0 Å². The van der Waals surface area contributed by atoms with Gasteiger partial charge in [-0.3, -0.25) is 10.3 Å². The highest BCUT2D eigenvalue weighted by Crippen LogP contribution is 2.14. The quantitative estimate of drug-likeness (QED) is 0.882. The van der Waals surface area contributed by atoms with E-state index in [0.717, 1.165) is 5.56 Å². The van der Waals surface area contributed by atoms with E-state index in [1.54, 1.807) is 24.7 Å². The first-order chi connectivity index (χ1) is 9.15. The molecule has 0 aromatic carbocycles. The number of anilines is 1. The van der Waals surface area contributed by atoms with E-state index in [1.807, 2.05) is 26.0 Å². The van der Waals surface area contributed by atoms with Gasteiger partial charge in [0.1, 0.15) is 5.82 Å². The zero-order valence-electron chi connectivity index (χ0n) is 10.8. The van der Waals surface area contributed by atoms with Crippen LogP contribution >= 0.6 is 0 Å². The molecule has 0 fully saturated rings. The van der Waals surface area contributed by atoms with Gasteiger partial charge in [-0.1, -0.05) is 0 Å². The Labute approximate surface area is 111 Å². The standard InChI is InChI=1S/C13H15N5O/c1-9(2)16-13(19)18-11-5-8-15-12(17-11)10-3-6-14-7-4-10/h3-9H,1-2H3,(H2,15,16,17,18,19). The van der Waals surface area contributed by atoms with Crippen molar-refractivity contribution in [2.75, 3.05) is 5.32 Å². The lowest BCUT2D eigenvalue weighted by Crippen LogP contribution is -2.34. The van der Waals surface area contributed by atoms with Crippen LogP contribution in [0.15, 0.2) is 36.8 Å². The maximum absolute atomic E-state index is 11.6. The Morgan fingerprint density at radius 1 is 1.16 bits per heavy atom. The van der Waals surface area contributed by atoms with E-state index in [1.165, 1.54) is 0 Å². The largest absolute Gasteiger partial charge is 0.336 e. The molecule has 2 heterocycles. The van der Waals surface area contributed by atoms with Crippen LogP contribution in [0.1, 0.15) is 13.8 Å². The zero-order valence-corrected chi connectivity index (χ0v) is 10.8. The third kappa shape index (κ3) is 3.74. The first-order valence-corrected chi connectivity index (χ1v) is 5.96. The van der Waals surface area contributed by atoms with Gasteiger partial charge in [0.05, 0.1) is 0 Å². The van der Waals surface area contributed by atoms with Gasteiger partial charge < -0.3 is 5.32 Å². The average molecular weight is 257 g/mol. The van der Waals surface area contributed by atoms with E-state index in [9.17, 15) is 4.79 Å². The first kappa shape index (κ1) is 12.9. The molecule has 0 bridgehead atoms. The number of carbonyl (C=O) groups excluding carboxylic acids is 1. The molecule has 0 aliphatic carbocycles. The molecule has 0 aliphatic rings. The smallest absolute Gasteiger partial charge is 0.320 e. The molecular formula is C13H15N5O. The minimum Gasteiger partial charge on any atom is -0.336 e. The van der Waals surface area contributed by atoms with E-state index < -0.39 is 0 Å². The molecule has 0 saturated carbocycles. The molecule has 0 unspecified atom stereocenters. The summed E-state index contributed by atoms with van der Waals surface area (Å²) < 4.78 is 0. The second-order valence-corrected chi connectivity index (χ2v) is 4.25. The number of urea groups is 1. The fraction of sp³-hybridized carbons (Fsp3) is 0.231. The number of amides is 2. The Morgan fingerprint density at radius 3 is 2.58 bits per heavy atom. The first-order valence-electron chi connectivity index (χ1n) is 5.96. The summed E-state index contributed by atoms with van der Waals surface area (Å²) in [6, 6.07) is 5.06. The summed E-state index contributed by atoms with van der Waals surface area (Å²) in [6.45, 7) is 3.78. The predicted molar refractivity (Wildman–Crippen MR) is 72.6 cm³/mol. The van der Waals surface area contributed by atoms with E-state index in [2.05, 4.69) is 25.6 Å². The molecule has 0 radical (unpaired) electrons. The lowest BCUT2D eigenvalue weighted by molar-refractivity contribution is 0.250. The Morgan fingerprint density at radius 2 is 1.89 bits per heavy atom. The van der Waals surface area contributed by atoms with Crippen LogP contribution in [-0.4, -0.2) is 27.0 Å². The fourth-order valence-corrected chi connectivity index (χ4v) is 1.48. The summed E-state index contributed by atoms with van der Waals surface area (Å²) in [4.78, 5) is 24.0. The van der Waals surface area contributed by atoms with Gasteiger partial charge in [-0.15, -0.1) is 0 Å². The van der Waals surface area contributed by atoms with Gasteiger partial charge in [0.25, 0.3) is 0 Å². The number of hydrogen-bond donors (Lipinski definition) is 2. The van der Waals surface area contributed by atoms with Crippen molar-refractivity contribution in [1.82, 2.24) is 20.3 Å². The van der Waals surface area contributed by atoms with Gasteiger partial charge in [-0.25, -0.2) is 14.8 Å². The number of carbonyl (C=O) groups is 1. The van der Waals surface area contributed by atoms with Crippen LogP contribution in [0.3, 0.4) is 0 Å². The SMILES string of the molecule is CC(C)NC(=O)Nc1ccnc(-c2ccncc2)n1. The fourth-order valence-electron chi connectivity index (χ4n) is 1.48. The van der Waals surface area contributed by atoms with E-state index in [0.29, 0.717) is 11.6 Å². The second kappa shape index (κ2) is 5.90. The number of nitrogens with one attached hydrogen (secondary N) is 2. The molecule has 2 N–H and O–H groups in total. The number of rotatable bonds is 3. The third-order valence-corrected chi connectivity index (χ3v) is 2.26. The van der Waals surface area contributed by atoms with Gasteiger partial charge in [0.2, 0.25) is 0 Å². The average Bonchev–Trinajstić information content (AvgIpc) is 2.39. The van der Waals surface area contributed by atoms with Crippen LogP contribution in [0, 0.1) is 0 Å². The molecule has 0 atom stereocenters. The molecule has 0 aliphatic heterocycles. The molecule has 0 spiro atoms. The topological polar surface area (TPSA) is 79.8 Å². The molecule has 98 valence electrons. The van der Waals surface area contributed by atoms with Crippen LogP contribution in [0.2, 0.25) is 0 Å². The third-order valence-electron chi connectivity index (χ3n) is 2.26. The molecule has 2 amide bonds. The Balaban J connectivity index is 2.14. The lowest BCUT2D eigenvalue weighted by atomic mass is 10.2. The van der Waals surface area contributed by atoms with Crippen LogP contribution in [0.5, 0.6) is 0 Å². The summed E-state index contributed by atoms with van der Waals surface area (Å²) in [5.74, 6) is 1.00. The summed E-state index contributed by atoms with van der Waals surface area (Å²) in [6.07, 6.45) is 4.95. The van der Waals surface area contributed by atoms with Crippen LogP contribution < -0.4 is 10.6 Å². The Hall–Kier alpha value is -2.50. The highest BCUT2D eigenvalue weighted by atomic mass is 16.2. The maximum atomic E-state index is 11.6. The van der Waals surface area contributed by atoms with Crippen LogP contribution in [0.25, 0.3) is 11.4 Å². The Bertz CT molecular complexity index is 556. The van der Waals surface area contributed by atoms with Crippen molar-refractivity contribution in [2.45, 2.75) is 19.9 Å². The number of aromatic nitrogens is 3. The molecule has 2 aromatic heterocycles. The summed E-state index contributed by atoms with van der Waals surface area (Å²) >= 11 is 0.